The highest BCUT2D eigenvalue weighted by atomic mass is 16.7. The molecule has 0 saturated carbocycles. The maximum Gasteiger partial charge on any atom is 0.306 e. The molecule has 10 aliphatic rings. The Kier molecular flexibility index (Phi) is 19.5. The summed E-state index contributed by atoms with van der Waals surface area (Å²) in [6.07, 6.45) is 5.79. The number of aliphatic hydroxyl groups excluding tert-OH is 3. The highest BCUT2D eigenvalue weighted by Crippen LogP contribution is 2.54. The van der Waals surface area contributed by atoms with Gasteiger partial charge in [-0.05, 0) is 116 Å². The van der Waals surface area contributed by atoms with Gasteiger partial charge in [0.15, 0.2) is 0 Å². The van der Waals surface area contributed by atoms with Crippen LogP contribution in [0.2, 0.25) is 0 Å². The average molecular weight is 1190 g/mol. The Hall–Kier alpha value is -2.89. The van der Waals surface area contributed by atoms with Gasteiger partial charge in [0.2, 0.25) is 0 Å². The smallest absolute Gasteiger partial charge is 0.306 e. The second kappa shape index (κ2) is 25.5. The van der Waals surface area contributed by atoms with Crippen molar-refractivity contribution in [3.8, 4) is 0 Å². The quantitative estimate of drug-likeness (QED) is 0.0727. The number of carboxylic acids is 2. The fourth-order valence-electron chi connectivity index (χ4n) is 16.7. The summed E-state index contributed by atoms with van der Waals surface area (Å²) in [5, 5.41) is 53.8. The summed E-state index contributed by atoms with van der Waals surface area (Å²) in [6.45, 7) is 24.8. The number of fused-ring (bicyclic) bond motifs is 8. The molecule has 10 rings (SSSR count). The van der Waals surface area contributed by atoms with E-state index in [4.69, 9.17) is 57.2 Å². The van der Waals surface area contributed by atoms with Crippen LogP contribution >= 0.6 is 0 Å². The lowest BCUT2D eigenvalue weighted by atomic mass is 9.72. The normalized spacial score (nSPS) is 47.6. The van der Waals surface area contributed by atoms with E-state index in [0.717, 1.165) is 17.6 Å². The predicted octanol–water partition coefficient (Wildman–Crippen LogP) is 7.89. The Morgan fingerprint density at radius 2 is 1.44 bits per heavy atom. The zero-order chi connectivity index (χ0) is 60.4. The van der Waals surface area contributed by atoms with Crippen LogP contribution in [-0.2, 0) is 66.5 Å². The van der Waals surface area contributed by atoms with E-state index in [-0.39, 0.29) is 129 Å². The molecule has 19 nitrogen and oxygen atoms in total. The van der Waals surface area contributed by atoms with Crippen LogP contribution in [-0.4, -0.2) is 188 Å². The summed E-state index contributed by atoms with van der Waals surface area (Å²) >= 11 is 0. The van der Waals surface area contributed by atoms with Crippen molar-refractivity contribution in [1.82, 2.24) is 0 Å². The van der Waals surface area contributed by atoms with Crippen LogP contribution in [0.5, 0.6) is 0 Å². The van der Waals surface area contributed by atoms with Crippen molar-refractivity contribution in [2.24, 2.45) is 29.6 Å². The van der Waals surface area contributed by atoms with Gasteiger partial charge in [0.05, 0.1) is 134 Å². The van der Waals surface area contributed by atoms with Gasteiger partial charge in [0.25, 0.3) is 0 Å². The Labute approximate surface area is 497 Å². The fraction of sp³-hybridized carbons (Fsp3) is 0.862. The van der Waals surface area contributed by atoms with Gasteiger partial charge < -0.3 is 77.6 Å². The topological polar surface area (TPSA) is 254 Å². The molecule has 19 heteroatoms. The fourth-order valence-corrected chi connectivity index (χ4v) is 16.7. The van der Waals surface area contributed by atoms with E-state index < -0.39 is 89.1 Å². The second-order valence-electron chi connectivity index (χ2n) is 28.7. The number of ether oxygens (including phenoxy) is 11. The molecule has 10 heterocycles. The molecule has 10 aliphatic heterocycles. The minimum absolute atomic E-state index is 0.0345. The number of carbonyl (C=O) groups excluding carboxylic acids is 1. The molecule has 0 amide bonds. The number of carbonyl (C=O) groups is 3. The number of hydrogen-bond donors (Lipinski definition) is 5. The van der Waals surface area contributed by atoms with Gasteiger partial charge in [-0.3, -0.25) is 14.4 Å². The molecule has 28 atom stereocenters. The Bertz CT molecular complexity index is 2420. The van der Waals surface area contributed by atoms with Crippen molar-refractivity contribution >= 4 is 17.9 Å². The van der Waals surface area contributed by atoms with Crippen LogP contribution in [0.1, 0.15) is 178 Å². The first-order chi connectivity index (χ1) is 39.6. The molecule has 0 aromatic rings. The molecule has 0 aromatic heterocycles. The lowest BCUT2D eigenvalue weighted by Crippen LogP contribution is -2.74. The van der Waals surface area contributed by atoms with Crippen molar-refractivity contribution in [2.75, 3.05) is 6.61 Å². The lowest BCUT2D eigenvalue weighted by molar-refractivity contribution is -0.369. The maximum atomic E-state index is 12.5. The van der Waals surface area contributed by atoms with Gasteiger partial charge >= 0.3 is 17.9 Å². The first-order valence-electron chi connectivity index (χ1n) is 31.9. The number of esters is 1. The molecule has 0 radical (unpaired) electrons. The van der Waals surface area contributed by atoms with Crippen LogP contribution < -0.4 is 0 Å². The van der Waals surface area contributed by atoms with Gasteiger partial charge in [-0.15, -0.1) is 0 Å². The summed E-state index contributed by atoms with van der Waals surface area (Å²) in [6, 6.07) is 0. The molecule has 0 aromatic carbocycles. The zero-order valence-corrected chi connectivity index (χ0v) is 51.5. The predicted molar refractivity (Wildman–Crippen MR) is 306 cm³/mol. The third-order valence-electron chi connectivity index (χ3n) is 21.1. The highest BCUT2D eigenvalue weighted by molar-refractivity contribution is 5.72. The largest absolute Gasteiger partial charge is 0.481 e. The third kappa shape index (κ3) is 13.8. The molecule has 84 heavy (non-hydrogen) atoms. The van der Waals surface area contributed by atoms with Crippen LogP contribution in [0.25, 0.3) is 0 Å². The van der Waals surface area contributed by atoms with E-state index in [0.29, 0.717) is 77.0 Å². The van der Waals surface area contributed by atoms with Crippen LogP contribution in [0.4, 0.5) is 0 Å². The molecule has 9 fully saturated rings. The molecule has 28 unspecified atom stereocenters. The van der Waals surface area contributed by atoms with Gasteiger partial charge in [0, 0.05) is 56.8 Å². The molecule has 9 saturated heterocycles. The van der Waals surface area contributed by atoms with Crippen molar-refractivity contribution in [2.45, 2.75) is 317 Å². The number of hydrogen-bond acceptors (Lipinski definition) is 17. The summed E-state index contributed by atoms with van der Waals surface area (Å²) in [5.41, 5.74) is -1.26. The third-order valence-corrected chi connectivity index (χ3v) is 21.1. The Morgan fingerprint density at radius 1 is 0.726 bits per heavy atom. The van der Waals surface area contributed by atoms with Crippen LogP contribution in [0, 0.1) is 29.6 Å². The van der Waals surface area contributed by atoms with Crippen LogP contribution in [0.15, 0.2) is 36.0 Å². The molecule has 0 aliphatic carbocycles. The first kappa shape index (κ1) is 64.1. The number of carboxylic acid groups (broad SMARTS) is 2. The van der Waals surface area contributed by atoms with E-state index in [2.05, 4.69) is 59.4 Å². The van der Waals surface area contributed by atoms with E-state index >= 15 is 0 Å². The van der Waals surface area contributed by atoms with Gasteiger partial charge in [0.1, 0.15) is 17.8 Å². The highest BCUT2D eigenvalue weighted by Gasteiger charge is 2.65. The van der Waals surface area contributed by atoms with E-state index in [1.807, 2.05) is 27.7 Å². The average Bonchev–Trinajstić information content (AvgIpc) is 0.867. The monoisotopic (exact) mass is 1180 g/mol. The Morgan fingerprint density at radius 3 is 2.19 bits per heavy atom. The van der Waals surface area contributed by atoms with Crippen molar-refractivity contribution in [3.05, 3.63) is 36.0 Å². The van der Waals surface area contributed by atoms with Crippen molar-refractivity contribution < 1.29 is 92.0 Å². The lowest BCUT2D eigenvalue weighted by Gasteiger charge is -2.61. The minimum atomic E-state index is -1.09. The molecular formula is C65H100O19. The molecule has 5 N–H and O–H groups in total. The summed E-state index contributed by atoms with van der Waals surface area (Å²) < 4.78 is 75.5. The van der Waals surface area contributed by atoms with E-state index in [1.54, 1.807) is 6.92 Å². The van der Waals surface area contributed by atoms with Crippen LogP contribution in [0.3, 0.4) is 0 Å². The van der Waals surface area contributed by atoms with E-state index in [1.165, 1.54) is 0 Å². The van der Waals surface area contributed by atoms with Crippen molar-refractivity contribution in [3.63, 3.8) is 0 Å². The number of aliphatic hydroxyl groups is 3. The van der Waals surface area contributed by atoms with Crippen molar-refractivity contribution in [1.29, 1.82) is 0 Å². The van der Waals surface area contributed by atoms with E-state index in [9.17, 15) is 34.8 Å². The summed E-state index contributed by atoms with van der Waals surface area (Å²) in [5.74, 6) is -2.58. The Balaban J connectivity index is 0.759. The standard InChI is InChI=1S/C65H100O19/c1-33(19-35(3)31-74-57(72)22-34(2)21-55(68)69)20-46-37(5)24-52-62(8,83-46)30-50-60(80-52)61(73)65(11)54(78-50)29-49-59(84-65)36(4)13-12-14-44-43(76-49)17-18-51-63(9,81-44)32-64(10)53(79-51)28-48-45(82-64)16-15-42(67)47(77-48)27-40(66)26-41-23-38(6)58(75-41)39(7)25-56(70)71/h12-13,19,34-36,38-54,58-61,66-67,73H,5,14-18,20-32H2,1-4,6-11H3,(H,68,69)(H,70,71)/b13-12-,33-19+. The number of aliphatic carboxylic acids is 2. The first-order valence-corrected chi connectivity index (χ1v) is 31.9. The second-order valence-corrected chi connectivity index (χ2v) is 28.7. The van der Waals surface area contributed by atoms with Gasteiger partial charge in [-0.2, -0.15) is 0 Å². The number of rotatable bonds is 16. The molecule has 0 bridgehead atoms. The molecule has 474 valence electrons. The SMILES string of the molecule is C=C1CC2OC3C(CC2(C)OC1C/C(C)=C/C(C)COC(=O)CC(C)CC(=O)O)OC1CC2OC4CCC5OC6CC7OC(CC(O)CC8CC(C)C(C(C)CC(=O)O)O8)C(O)CCC7OC6(C)CC5(C)OC4C/C=C\C(C)C2OC1(C)C3O. The summed E-state index contributed by atoms with van der Waals surface area (Å²) in [4.78, 5) is 34.9. The zero-order valence-electron chi connectivity index (χ0n) is 51.5. The van der Waals surface area contributed by atoms with Gasteiger partial charge in [-0.25, -0.2) is 0 Å². The minimum Gasteiger partial charge on any atom is -0.481 e. The maximum absolute atomic E-state index is 12.5. The molecular weight excluding hydrogens is 1080 g/mol. The van der Waals surface area contributed by atoms with Gasteiger partial charge in [-0.1, -0.05) is 65.0 Å². The molecule has 0 spiro atoms. The summed E-state index contributed by atoms with van der Waals surface area (Å²) in [7, 11) is 0.